The van der Waals surface area contributed by atoms with Gasteiger partial charge in [-0.2, -0.15) is 0 Å². The molecule has 1 N–H and O–H groups in total. The van der Waals surface area contributed by atoms with Crippen molar-refractivity contribution in [1.82, 2.24) is 9.80 Å². The number of fused-ring (bicyclic) bond motifs is 1. The van der Waals surface area contributed by atoms with Gasteiger partial charge in [-0.1, -0.05) is 38.1 Å². The number of aliphatic carboxylic acids is 1. The monoisotopic (exact) mass is 372 g/mol. The van der Waals surface area contributed by atoms with E-state index in [1.807, 2.05) is 38.1 Å². The molecule has 2 atom stereocenters. The van der Waals surface area contributed by atoms with Crippen molar-refractivity contribution in [2.45, 2.75) is 52.1 Å². The summed E-state index contributed by atoms with van der Waals surface area (Å²) in [5.41, 5.74) is 2.18. The Kier molecular flexibility index (Phi) is 5.82. The molecule has 0 spiro atoms. The number of hydrogen-bond donors (Lipinski definition) is 1. The number of amides is 2. The van der Waals surface area contributed by atoms with Crippen LogP contribution in [0.3, 0.4) is 0 Å². The van der Waals surface area contributed by atoms with Crippen molar-refractivity contribution in [2.75, 3.05) is 13.1 Å². The first kappa shape index (κ1) is 19.4. The Morgan fingerprint density at radius 2 is 1.89 bits per heavy atom. The van der Waals surface area contributed by atoms with Crippen molar-refractivity contribution in [2.24, 2.45) is 11.8 Å². The molecule has 146 valence electrons. The van der Waals surface area contributed by atoms with E-state index in [0.717, 1.165) is 11.1 Å². The standard InChI is InChI=1S/C21H28N2O4/c1-14(2)10-19(24)23-13-16-7-4-3-6-15(16)11-18(23)20(25)22-9-5-8-17(12-22)21(26)27/h3-4,6-7,14,17-18H,5,8-13H2,1-2H3,(H,26,27). The van der Waals surface area contributed by atoms with Gasteiger partial charge in [0.1, 0.15) is 6.04 Å². The first-order valence-electron chi connectivity index (χ1n) is 9.74. The molecule has 0 aromatic heterocycles. The minimum Gasteiger partial charge on any atom is -0.481 e. The summed E-state index contributed by atoms with van der Waals surface area (Å²) in [6.45, 7) is 5.23. The fourth-order valence-electron chi connectivity index (χ4n) is 4.06. The van der Waals surface area contributed by atoms with Crippen LogP contribution in [0.25, 0.3) is 0 Å². The predicted octanol–water partition coefficient (Wildman–Crippen LogP) is 2.31. The van der Waals surface area contributed by atoms with Gasteiger partial charge >= 0.3 is 5.97 Å². The lowest BCUT2D eigenvalue weighted by Gasteiger charge is -2.40. The minimum atomic E-state index is -0.853. The van der Waals surface area contributed by atoms with Crippen LogP contribution in [0, 0.1) is 11.8 Å². The van der Waals surface area contributed by atoms with Crippen molar-refractivity contribution < 1.29 is 19.5 Å². The average molecular weight is 372 g/mol. The van der Waals surface area contributed by atoms with E-state index in [2.05, 4.69) is 0 Å². The maximum Gasteiger partial charge on any atom is 0.308 e. The van der Waals surface area contributed by atoms with E-state index in [0.29, 0.717) is 38.8 Å². The molecule has 0 saturated carbocycles. The third-order valence-corrected chi connectivity index (χ3v) is 5.52. The number of piperidine rings is 1. The van der Waals surface area contributed by atoms with E-state index in [-0.39, 0.29) is 24.3 Å². The fraction of sp³-hybridized carbons (Fsp3) is 0.571. The summed E-state index contributed by atoms with van der Waals surface area (Å²) >= 11 is 0. The van der Waals surface area contributed by atoms with Gasteiger partial charge in [0.2, 0.25) is 11.8 Å². The van der Waals surface area contributed by atoms with Gasteiger partial charge < -0.3 is 14.9 Å². The van der Waals surface area contributed by atoms with Gasteiger partial charge in [0.25, 0.3) is 0 Å². The number of hydrogen-bond acceptors (Lipinski definition) is 3. The summed E-state index contributed by atoms with van der Waals surface area (Å²) in [5.74, 6) is -1.28. The summed E-state index contributed by atoms with van der Waals surface area (Å²) in [4.78, 5) is 40.8. The zero-order valence-electron chi connectivity index (χ0n) is 16.1. The Bertz CT molecular complexity index is 731. The molecule has 1 fully saturated rings. The second kappa shape index (κ2) is 8.11. The summed E-state index contributed by atoms with van der Waals surface area (Å²) < 4.78 is 0. The number of nitrogens with zero attached hydrogens (tertiary/aromatic N) is 2. The quantitative estimate of drug-likeness (QED) is 0.880. The van der Waals surface area contributed by atoms with Crippen molar-refractivity contribution in [3.63, 3.8) is 0 Å². The van der Waals surface area contributed by atoms with E-state index >= 15 is 0 Å². The van der Waals surface area contributed by atoms with Crippen molar-refractivity contribution >= 4 is 17.8 Å². The van der Waals surface area contributed by atoms with Crippen molar-refractivity contribution in [1.29, 1.82) is 0 Å². The molecule has 2 aliphatic heterocycles. The van der Waals surface area contributed by atoms with Crippen LogP contribution in [0.2, 0.25) is 0 Å². The van der Waals surface area contributed by atoms with Gasteiger partial charge in [-0.25, -0.2) is 0 Å². The molecule has 2 amide bonds. The largest absolute Gasteiger partial charge is 0.481 e. The highest BCUT2D eigenvalue weighted by atomic mass is 16.4. The Hall–Kier alpha value is -2.37. The summed E-state index contributed by atoms with van der Waals surface area (Å²) in [6, 6.07) is 7.38. The number of benzene rings is 1. The van der Waals surface area contributed by atoms with Crippen LogP contribution in [0.5, 0.6) is 0 Å². The first-order chi connectivity index (χ1) is 12.9. The Balaban J connectivity index is 1.84. The minimum absolute atomic E-state index is 0.00959. The fourth-order valence-corrected chi connectivity index (χ4v) is 4.06. The molecule has 1 aromatic rings. The smallest absolute Gasteiger partial charge is 0.308 e. The second-order valence-electron chi connectivity index (χ2n) is 8.07. The molecule has 1 aromatic carbocycles. The molecule has 6 heteroatoms. The molecule has 27 heavy (non-hydrogen) atoms. The highest BCUT2D eigenvalue weighted by molar-refractivity contribution is 5.89. The number of carboxylic acid groups (broad SMARTS) is 1. The van der Waals surface area contributed by atoms with E-state index < -0.39 is 17.9 Å². The normalized spacial score (nSPS) is 22.5. The molecular weight excluding hydrogens is 344 g/mol. The number of carboxylic acids is 1. The third kappa shape index (κ3) is 4.31. The number of rotatable bonds is 4. The van der Waals surface area contributed by atoms with E-state index in [1.54, 1.807) is 9.80 Å². The summed E-state index contributed by atoms with van der Waals surface area (Å²) in [6.07, 6.45) is 2.19. The van der Waals surface area contributed by atoms with Crippen LogP contribution >= 0.6 is 0 Å². The van der Waals surface area contributed by atoms with Crippen molar-refractivity contribution in [3.05, 3.63) is 35.4 Å². The van der Waals surface area contributed by atoms with E-state index in [9.17, 15) is 19.5 Å². The lowest BCUT2D eigenvalue weighted by atomic mass is 9.91. The van der Waals surface area contributed by atoms with Crippen LogP contribution < -0.4 is 0 Å². The molecule has 6 nitrogen and oxygen atoms in total. The Morgan fingerprint density at radius 3 is 2.56 bits per heavy atom. The molecule has 3 rings (SSSR count). The van der Waals surface area contributed by atoms with E-state index in [4.69, 9.17) is 0 Å². The third-order valence-electron chi connectivity index (χ3n) is 5.52. The topological polar surface area (TPSA) is 77.9 Å². The Morgan fingerprint density at radius 1 is 1.19 bits per heavy atom. The van der Waals surface area contributed by atoms with Gasteiger partial charge in [0, 0.05) is 32.5 Å². The molecule has 2 heterocycles. The molecule has 1 saturated heterocycles. The van der Waals surface area contributed by atoms with Gasteiger partial charge in [-0.3, -0.25) is 14.4 Å². The zero-order chi connectivity index (χ0) is 19.6. The van der Waals surface area contributed by atoms with Crippen LogP contribution in [0.15, 0.2) is 24.3 Å². The SMILES string of the molecule is CC(C)CC(=O)N1Cc2ccccc2CC1C(=O)N1CCCC(C(=O)O)C1. The molecule has 0 bridgehead atoms. The molecule has 2 unspecified atom stereocenters. The maximum atomic E-state index is 13.3. The van der Waals surface area contributed by atoms with Gasteiger partial charge in [0.15, 0.2) is 0 Å². The predicted molar refractivity (Wildman–Crippen MR) is 101 cm³/mol. The van der Waals surface area contributed by atoms with E-state index in [1.165, 1.54) is 0 Å². The molecule has 0 radical (unpaired) electrons. The molecule has 0 aliphatic carbocycles. The maximum absolute atomic E-state index is 13.3. The summed E-state index contributed by atoms with van der Waals surface area (Å²) in [7, 11) is 0. The number of likely N-dealkylation sites (tertiary alicyclic amines) is 1. The lowest BCUT2D eigenvalue weighted by molar-refractivity contribution is -0.151. The highest BCUT2D eigenvalue weighted by Gasteiger charge is 2.38. The lowest BCUT2D eigenvalue weighted by Crippen LogP contribution is -2.55. The Labute approximate surface area is 160 Å². The number of carbonyl (C=O) groups is 3. The van der Waals surface area contributed by atoms with Crippen LogP contribution in [-0.4, -0.2) is 51.8 Å². The summed E-state index contributed by atoms with van der Waals surface area (Å²) in [5, 5.41) is 9.32. The van der Waals surface area contributed by atoms with Gasteiger partial charge in [0.05, 0.1) is 5.92 Å². The van der Waals surface area contributed by atoms with Gasteiger partial charge in [-0.05, 0) is 29.9 Å². The zero-order valence-corrected chi connectivity index (χ0v) is 16.1. The second-order valence-corrected chi connectivity index (χ2v) is 8.07. The molecule has 2 aliphatic rings. The average Bonchev–Trinajstić information content (AvgIpc) is 2.65. The van der Waals surface area contributed by atoms with Crippen molar-refractivity contribution in [3.8, 4) is 0 Å². The van der Waals surface area contributed by atoms with Crippen LogP contribution in [-0.2, 0) is 27.3 Å². The molecular formula is C21H28N2O4. The van der Waals surface area contributed by atoms with Crippen LogP contribution in [0.4, 0.5) is 0 Å². The highest BCUT2D eigenvalue weighted by Crippen LogP contribution is 2.27. The first-order valence-corrected chi connectivity index (χ1v) is 9.74. The number of carbonyl (C=O) groups excluding carboxylic acids is 2. The van der Waals surface area contributed by atoms with Crippen LogP contribution in [0.1, 0.15) is 44.2 Å². The van der Waals surface area contributed by atoms with Gasteiger partial charge in [-0.15, -0.1) is 0 Å².